The molecule has 5 rings (SSSR count). The maximum Gasteiger partial charge on any atom is 0.322 e. The number of hydrogen-bond acceptors (Lipinski definition) is 6. The maximum absolute atomic E-state index is 16.6. The van der Waals surface area contributed by atoms with Crippen molar-refractivity contribution in [2.75, 3.05) is 13.1 Å². The number of likely N-dealkylation sites (tertiary alicyclic amines) is 1. The number of phenols is 1. The molecule has 44 heavy (non-hydrogen) atoms. The second-order valence-corrected chi connectivity index (χ2v) is 12.4. The van der Waals surface area contributed by atoms with Crippen LogP contribution < -0.4 is 11.1 Å². The standard InChI is InChI=1S/C30H30B2ClF2N5O4/c1-6-21(42)38-12-29(35,13-38)30(31,32)40-19-11-17(33)24(22-18(34)9-15(4)10-20(22)41)37-26(19)39(27(43)28(40)44)25-16(5)7-8-36-23(25)14(2)3/h6-11,14,41H,1,12-13,31-32H2,2-5H3. The van der Waals surface area contributed by atoms with Gasteiger partial charge in [0.25, 0.3) is 0 Å². The van der Waals surface area contributed by atoms with Crippen LogP contribution in [0.1, 0.15) is 36.6 Å². The highest BCUT2D eigenvalue weighted by molar-refractivity contribution is 6.39. The number of alkyl halides is 1. The van der Waals surface area contributed by atoms with E-state index in [2.05, 4.69) is 16.5 Å². The lowest BCUT2D eigenvalue weighted by atomic mass is 9.51. The van der Waals surface area contributed by atoms with E-state index in [1.165, 1.54) is 38.8 Å². The number of benzene rings is 1. The zero-order valence-corrected chi connectivity index (χ0v) is 26.0. The Balaban J connectivity index is 1.93. The summed E-state index contributed by atoms with van der Waals surface area (Å²) in [5.74, 6) is -1.88. The average Bonchev–Trinajstić information content (AvgIpc) is 2.91. The van der Waals surface area contributed by atoms with Crippen LogP contribution in [0.5, 0.6) is 5.75 Å². The van der Waals surface area contributed by atoms with Gasteiger partial charge < -0.3 is 14.6 Å². The molecular weight excluding hydrogens is 589 g/mol. The number of aromatic nitrogens is 4. The minimum Gasteiger partial charge on any atom is -0.507 e. The van der Waals surface area contributed by atoms with Gasteiger partial charge in [-0.05, 0) is 61.2 Å². The molecule has 0 aliphatic carbocycles. The topological polar surface area (TPSA) is 110 Å². The molecule has 1 aliphatic heterocycles. The van der Waals surface area contributed by atoms with E-state index in [9.17, 15) is 19.5 Å². The fourth-order valence-electron chi connectivity index (χ4n) is 5.81. The first-order valence-corrected chi connectivity index (χ1v) is 14.4. The minimum absolute atomic E-state index is 0.0103. The number of phenolic OH excluding ortho intramolecular Hbond substituents is 1. The number of aromatic hydroxyl groups is 1. The van der Waals surface area contributed by atoms with Crippen LogP contribution in [-0.4, -0.2) is 69.5 Å². The second-order valence-electron chi connectivity index (χ2n) is 12.0. The SMILES string of the molecule is BC(B)(n1c(=O)c(=O)n(-c2c(C)ccnc2C(C)C)c2nc(-c3c(O)cc(C)cc3F)c(Cl)cc21)C1(F)CN(C(=O)C=C)C1. The highest BCUT2D eigenvalue weighted by atomic mass is 35.5. The Hall–Kier alpha value is -4.25. The van der Waals surface area contributed by atoms with Crippen molar-refractivity contribution < 1.29 is 18.7 Å². The predicted molar refractivity (Wildman–Crippen MR) is 171 cm³/mol. The van der Waals surface area contributed by atoms with Crippen molar-refractivity contribution in [3.63, 3.8) is 0 Å². The summed E-state index contributed by atoms with van der Waals surface area (Å²) in [6.45, 7) is 9.85. The molecule has 0 unspecified atom stereocenters. The van der Waals surface area contributed by atoms with Gasteiger partial charge in [0.05, 0.1) is 46.3 Å². The largest absolute Gasteiger partial charge is 0.507 e. The molecule has 0 radical (unpaired) electrons. The van der Waals surface area contributed by atoms with Crippen LogP contribution in [0.15, 0.2) is 52.7 Å². The molecule has 4 heterocycles. The summed E-state index contributed by atoms with van der Waals surface area (Å²) in [5, 5.41) is 8.89. The van der Waals surface area contributed by atoms with Crippen molar-refractivity contribution in [2.24, 2.45) is 0 Å². The lowest BCUT2D eigenvalue weighted by Crippen LogP contribution is -2.74. The summed E-state index contributed by atoms with van der Waals surface area (Å²) in [6, 6.07) is 5.54. The van der Waals surface area contributed by atoms with Crippen LogP contribution >= 0.6 is 11.6 Å². The molecule has 1 N–H and O–H groups in total. The third kappa shape index (κ3) is 4.65. The average molecular weight is 620 g/mol. The molecule has 0 atom stereocenters. The Morgan fingerprint density at radius 2 is 1.86 bits per heavy atom. The van der Waals surface area contributed by atoms with Gasteiger partial charge in [-0.15, -0.1) is 0 Å². The van der Waals surface area contributed by atoms with Crippen LogP contribution in [0.2, 0.25) is 5.02 Å². The number of pyridine rings is 2. The van der Waals surface area contributed by atoms with Gasteiger partial charge in [-0.1, -0.05) is 32.0 Å². The first-order chi connectivity index (χ1) is 20.5. The number of amides is 1. The zero-order valence-electron chi connectivity index (χ0n) is 25.2. The molecule has 0 saturated carbocycles. The highest BCUT2D eigenvalue weighted by Gasteiger charge is 2.57. The number of rotatable bonds is 6. The van der Waals surface area contributed by atoms with E-state index < -0.39 is 39.6 Å². The predicted octanol–water partition coefficient (Wildman–Crippen LogP) is 2.46. The van der Waals surface area contributed by atoms with Gasteiger partial charge >= 0.3 is 11.1 Å². The Kier molecular flexibility index (Phi) is 7.60. The molecular formula is C30H30B2ClF2N5O4. The van der Waals surface area contributed by atoms with Crippen molar-refractivity contribution >= 4 is 44.4 Å². The molecule has 1 fully saturated rings. The van der Waals surface area contributed by atoms with E-state index in [0.717, 1.165) is 15.2 Å². The van der Waals surface area contributed by atoms with Crippen LogP contribution in [0.25, 0.3) is 28.1 Å². The minimum atomic E-state index is -2.12. The van der Waals surface area contributed by atoms with Crippen molar-refractivity contribution in [3.8, 4) is 22.7 Å². The van der Waals surface area contributed by atoms with E-state index in [-0.39, 0.29) is 46.5 Å². The molecule has 14 heteroatoms. The summed E-state index contributed by atoms with van der Waals surface area (Å²) in [6.07, 6.45) is 2.66. The molecule has 226 valence electrons. The Labute approximate surface area is 258 Å². The van der Waals surface area contributed by atoms with Gasteiger partial charge in [0.1, 0.15) is 27.3 Å². The highest BCUT2D eigenvalue weighted by Crippen LogP contribution is 2.41. The van der Waals surface area contributed by atoms with E-state index in [0.29, 0.717) is 22.5 Å². The fraction of sp³-hybridized carbons (Fsp3) is 0.300. The first-order valence-electron chi connectivity index (χ1n) is 14.0. The van der Waals surface area contributed by atoms with Crippen molar-refractivity contribution in [2.45, 2.75) is 44.6 Å². The van der Waals surface area contributed by atoms with Gasteiger partial charge in [-0.25, -0.2) is 13.8 Å². The van der Waals surface area contributed by atoms with Gasteiger partial charge in [0, 0.05) is 11.5 Å². The van der Waals surface area contributed by atoms with Crippen LogP contribution in [0.4, 0.5) is 8.78 Å². The van der Waals surface area contributed by atoms with Crippen LogP contribution in [0.3, 0.4) is 0 Å². The number of hydrogen-bond donors (Lipinski definition) is 1. The fourth-order valence-corrected chi connectivity index (χ4v) is 6.05. The Morgan fingerprint density at radius 1 is 1.20 bits per heavy atom. The van der Waals surface area contributed by atoms with Crippen LogP contribution in [0, 0.1) is 19.7 Å². The molecule has 1 aromatic carbocycles. The first kappa shape index (κ1) is 31.2. The number of aryl methyl sites for hydroxylation is 2. The molecule has 0 spiro atoms. The van der Waals surface area contributed by atoms with Crippen molar-refractivity contribution in [1.82, 2.24) is 24.0 Å². The Morgan fingerprint density at radius 3 is 2.45 bits per heavy atom. The quantitative estimate of drug-likeness (QED) is 0.202. The molecule has 0 bridgehead atoms. The van der Waals surface area contributed by atoms with E-state index in [4.69, 9.17) is 11.6 Å². The van der Waals surface area contributed by atoms with Crippen molar-refractivity contribution in [1.29, 1.82) is 0 Å². The number of carbonyl (C=O) groups excluding carboxylic acids is 1. The monoisotopic (exact) mass is 619 g/mol. The third-order valence-corrected chi connectivity index (χ3v) is 8.67. The lowest BCUT2D eigenvalue weighted by molar-refractivity contribution is -0.143. The molecule has 3 aromatic heterocycles. The van der Waals surface area contributed by atoms with Gasteiger partial charge in [-0.2, -0.15) is 0 Å². The molecule has 4 aromatic rings. The van der Waals surface area contributed by atoms with E-state index in [1.54, 1.807) is 26.1 Å². The molecule has 9 nitrogen and oxygen atoms in total. The smallest absolute Gasteiger partial charge is 0.322 e. The van der Waals surface area contributed by atoms with Gasteiger partial charge in [-0.3, -0.25) is 23.9 Å². The summed E-state index contributed by atoms with van der Waals surface area (Å²) < 4.78 is 34.0. The summed E-state index contributed by atoms with van der Waals surface area (Å²) >= 11 is 6.68. The maximum atomic E-state index is 16.6. The van der Waals surface area contributed by atoms with Gasteiger partial charge in [0.15, 0.2) is 11.3 Å². The molecule has 1 aliphatic rings. The molecule has 1 amide bonds. The second kappa shape index (κ2) is 10.7. The summed E-state index contributed by atoms with van der Waals surface area (Å²) in [4.78, 5) is 50.7. The van der Waals surface area contributed by atoms with Gasteiger partial charge in [0.2, 0.25) is 5.91 Å². The Bertz CT molecular complexity index is 1980. The van der Waals surface area contributed by atoms with Crippen LogP contribution in [-0.2, 0) is 10.1 Å². The van der Waals surface area contributed by atoms with E-state index >= 15 is 8.78 Å². The van der Waals surface area contributed by atoms with Crippen molar-refractivity contribution in [3.05, 3.63) is 91.5 Å². The normalized spacial score (nSPS) is 14.6. The lowest BCUT2D eigenvalue weighted by Gasteiger charge is -2.53. The summed E-state index contributed by atoms with van der Waals surface area (Å²) in [5.41, 5.74) is -2.98. The third-order valence-electron chi connectivity index (χ3n) is 8.38. The van der Waals surface area contributed by atoms with E-state index in [1.807, 2.05) is 13.8 Å². The summed E-state index contributed by atoms with van der Waals surface area (Å²) in [7, 11) is 2.91. The number of halogens is 3. The zero-order chi connectivity index (χ0) is 32.5. The number of fused-ring (bicyclic) bond motifs is 1. The number of nitrogens with zero attached hydrogens (tertiary/aromatic N) is 5. The number of carbonyl (C=O) groups is 1. The molecule has 1 saturated heterocycles.